The van der Waals surface area contributed by atoms with Gasteiger partial charge in [-0.3, -0.25) is 9.59 Å². The Kier molecular flexibility index (Phi) is 5.80. The lowest BCUT2D eigenvalue weighted by Crippen LogP contribution is -2.44. The lowest BCUT2D eigenvalue weighted by atomic mass is 10.1. The molecule has 0 fully saturated rings. The minimum Gasteiger partial charge on any atom is -0.508 e. The van der Waals surface area contributed by atoms with Crippen molar-refractivity contribution in [2.75, 3.05) is 0 Å². The fraction of sp³-hybridized carbons (Fsp3) is 0.294. The molecule has 6 nitrogen and oxygen atoms in total. The molecule has 2 amide bonds. The van der Waals surface area contributed by atoms with E-state index < -0.39 is 6.04 Å². The standard InChI is InChI=1S/C17H20N2O4/c1-12(17(22)18-11-14-6-4-10-23-14)19-16(21)9-8-13-5-2-3-7-15(13)20/h2-7,10,12,20H,8-9,11H2,1H3,(H,18,22)(H,19,21). The van der Waals surface area contributed by atoms with Crippen molar-refractivity contribution in [2.24, 2.45) is 0 Å². The zero-order valence-electron chi connectivity index (χ0n) is 12.9. The SMILES string of the molecule is CC(NC(=O)CCc1ccccc1O)C(=O)NCc1ccco1. The summed E-state index contributed by atoms with van der Waals surface area (Å²) in [5.41, 5.74) is 0.706. The van der Waals surface area contributed by atoms with E-state index in [4.69, 9.17) is 4.42 Å². The highest BCUT2D eigenvalue weighted by atomic mass is 16.3. The van der Waals surface area contributed by atoms with Crippen LogP contribution in [-0.2, 0) is 22.6 Å². The first kappa shape index (κ1) is 16.6. The zero-order chi connectivity index (χ0) is 16.7. The first-order valence-electron chi connectivity index (χ1n) is 7.42. The molecule has 1 heterocycles. The van der Waals surface area contributed by atoms with Crippen LogP contribution in [0.3, 0.4) is 0 Å². The minimum absolute atomic E-state index is 0.171. The summed E-state index contributed by atoms with van der Waals surface area (Å²) in [6.07, 6.45) is 2.15. The van der Waals surface area contributed by atoms with E-state index in [9.17, 15) is 14.7 Å². The predicted molar refractivity (Wildman–Crippen MR) is 84.6 cm³/mol. The number of nitrogens with one attached hydrogen (secondary N) is 2. The summed E-state index contributed by atoms with van der Waals surface area (Å²) in [5.74, 6) is 0.298. The second-order valence-corrected chi connectivity index (χ2v) is 5.22. The molecule has 1 unspecified atom stereocenters. The molecular formula is C17H20N2O4. The maximum absolute atomic E-state index is 11.9. The second kappa shape index (κ2) is 8.03. The summed E-state index contributed by atoms with van der Waals surface area (Å²) in [4.78, 5) is 23.8. The van der Waals surface area contributed by atoms with Crippen molar-refractivity contribution in [1.29, 1.82) is 0 Å². The van der Waals surface area contributed by atoms with Gasteiger partial charge in [0.05, 0.1) is 12.8 Å². The third kappa shape index (κ3) is 5.18. The highest BCUT2D eigenvalue weighted by Gasteiger charge is 2.15. The Labute approximate surface area is 134 Å². The van der Waals surface area contributed by atoms with Crippen LogP contribution in [0.2, 0.25) is 0 Å². The first-order valence-corrected chi connectivity index (χ1v) is 7.42. The number of hydrogen-bond donors (Lipinski definition) is 3. The smallest absolute Gasteiger partial charge is 0.242 e. The van der Waals surface area contributed by atoms with Gasteiger partial charge in [-0.1, -0.05) is 18.2 Å². The van der Waals surface area contributed by atoms with E-state index in [1.807, 2.05) is 0 Å². The molecule has 0 bridgehead atoms. The van der Waals surface area contributed by atoms with Crippen LogP contribution >= 0.6 is 0 Å². The number of carbonyl (C=O) groups is 2. The van der Waals surface area contributed by atoms with Crippen LogP contribution in [0.5, 0.6) is 5.75 Å². The molecule has 0 saturated heterocycles. The van der Waals surface area contributed by atoms with Gasteiger partial charge in [0.1, 0.15) is 17.6 Å². The molecule has 0 aliphatic rings. The Hall–Kier alpha value is -2.76. The normalized spacial score (nSPS) is 11.7. The van der Waals surface area contributed by atoms with E-state index in [2.05, 4.69) is 10.6 Å². The molecule has 1 aromatic carbocycles. The van der Waals surface area contributed by atoms with Gasteiger partial charge in [0.2, 0.25) is 11.8 Å². The monoisotopic (exact) mass is 316 g/mol. The molecule has 6 heteroatoms. The third-order valence-electron chi connectivity index (χ3n) is 3.40. The van der Waals surface area contributed by atoms with Crippen LogP contribution in [0.15, 0.2) is 47.1 Å². The predicted octanol–water partition coefficient (Wildman–Crippen LogP) is 1.74. The van der Waals surface area contributed by atoms with Gasteiger partial charge in [-0.25, -0.2) is 0 Å². The molecule has 0 saturated carbocycles. The molecule has 3 N–H and O–H groups in total. The fourth-order valence-electron chi connectivity index (χ4n) is 2.09. The number of benzene rings is 1. The Morgan fingerprint density at radius 3 is 2.70 bits per heavy atom. The van der Waals surface area contributed by atoms with Crippen molar-refractivity contribution < 1.29 is 19.1 Å². The number of carbonyl (C=O) groups excluding carboxylic acids is 2. The van der Waals surface area contributed by atoms with Crippen molar-refractivity contribution in [2.45, 2.75) is 32.4 Å². The van der Waals surface area contributed by atoms with Gasteiger partial charge in [-0.05, 0) is 37.1 Å². The lowest BCUT2D eigenvalue weighted by Gasteiger charge is -2.13. The number of phenols is 1. The lowest BCUT2D eigenvalue weighted by molar-refractivity contribution is -0.128. The number of phenolic OH excluding ortho intramolecular Hbond substituents is 1. The number of rotatable bonds is 7. The number of para-hydroxylation sites is 1. The van der Waals surface area contributed by atoms with E-state index in [1.54, 1.807) is 43.3 Å². The van der Waals surface area contributed by atoms with Gasteiger partial charge in [0.25, 0.3) is 0 Å². The maximum Gasteiger partial charge on any atom is 0.242 e. The Morgan fingerprint density at radius 1 is 1.22 bits per heavy atom. The van der Waals surface area contributed by atoms with Crippen LogP contribution < -0.4 is 10.6 Å². The average molecular weight is 316 g/mol. The first-order chi connectivity index (χ1) is 11.1. The van der Waals surface area contributed by atoms with E-state index in [1.165, 1.54) is 6.26 Å². The summed E-state index contributed by atoms with van der Waals surface area (Å²) in [6, 6.07) is 9.74. The number of amides is 2. The van der Waals surface area contributed by atoms with Gasteiger partial charge in [-0.15, -0.1) is 0 Å². The number of furan rings is 1. The highest BCUT2D eigenvalue weighted by Crippen LogP contribution is 2.17. The molecule has 1 atom stereocenters. The summed E-state index contributed by atoms with van der Waals surface area (Å²) in [6.45, 7) is 1.90. The van der Waals surface area contributed by atoms with Crippen LogP contribution in [0, 0.1) is 0 Å². The summed E-state index contributed by atoms with van der Waals surface area (Å²) in [5, 5.41) is 15.0. The Balaban J connectivity index is 1.73. The Morgan fingerprint density at radius 2 is 2.00 bits per heavy atom. The zero-order valence-corrected chi connectivity index (χ0v) is 12.9. The summed E-state index contributed by atoms with van der Waals surface area (Å²) >= 11 is 0. The summed E-state index contributed by atoms with van der Waals surface area (Å²) < 4.78 is 5.12. The molecule has 2 aromatic rings. The molecule has 2 rings (SSSR count). The second-order valence-electron chi connectivity index (χ2n) is 5.22. The van der Waals surface area contributed by atoms with Gasteiger partial charge in [0.15, 0.2) is 0 Å². The van der Waals surface area contributed by atoms with Crippen molar-refractivity contribution in [3.05, 3.63) is 54.0 Å². The van der Waals surface area contributed by atoms with Crippen molar-refractivity contribution >= 4 is 11.8 Å². The van der Waals surface area contributed by atoms with Gasteiger partial charge in [0, 0.05) is 6.42 Å². The number of aromatic hydroxyl groups is 1. The average Bonchev–Trinajstić information content (AvgIpc) is 3.05. The van der Waals surface area contributed by atoms with E-state index in [0.29, 0.717) is 17.7 Å². The van der Waals surface area contributed by atoms with Gasteiger partial charge < -0.3 is 20.2 Å². The molecule has 23 heavy (non-hydrogen) atoms. The molecular weight excluding hydrogens is 296 g/mol. The Bertz CT molecular complexity index is 652. The van der Waals surface area contributed by atoms with E-state index >= 15 is 0 Å². The quantitative estimate of drug-likeness (QED) is 0.725. The van der Waals surface area contributed by atoms with Crippen LogP contribution in [0.1, 0.15) is 24.7 Å². The minimum atomic E-state index is -0.637. The molecule has 0 spiro atoms. The molecule has 0 aliphatic carbocycles. The van der Waals surface area contributed by atoms with Crippen LogP contribution in [0.4, 0.5) is 0 Å². The van der Waals surface area contributed by atoms with Crippen molar-refractivity contribution in [3.63, 3.8) is 0 Å². The molecule has 1 aromatic heterocycles. The number of aryl methyl sites for hydroxylation is 1. The van der Waals surface area contributed by atoms with Gasteiger partial charge >= 0.3 is 0 Å². The summed E-state index contributed by atoms with van der Waals surface area (Å²) in [7, 11) is 0. The maximum atomic E-state index is 11.9. The van der Waals surface area contributed by atoms with E-state index in [0.717, 1.165) is 0 Å². The van der Waals surface area contributed by atoms with E-state index in [-0.39, 0.29) is 30.5 Å². The molecule has 0 aliphatic heterocycles. The number of hydrogen-bond acceptors (Lipinski definition) is 4. The van der Waals surface area contributed by atoms with Crippen molar-refractivity contribution in [3.8, 4) is 5.75 Å². The van der Waals surface area contributed by atoms with Crippen LogP contribution in [0.25, 0.3) is 0 Å². The third-order valence-corrected chi connectivity index (χ3v) is 3.40. The van der Waals surface area contributed by atoms with Gasteiger partial charge in [-0.2, -0.15) is 0 Å². The van der Waals surface area contributed by atoms with Crippen molar-refractivity contribution in [1.82, 2.24) is 10.6 Å². The fourth-order valence-corrected chi connectivity index (χ4v) is 2.09. The largest absolute Gasteiger partial charge is 0.508 e. The van der Waals surface area contributed by atoms with Crippen LogP contribution in [-0.4, -0.2) is 23.0 Å². The molecule has 0 radical (unpaired) electrons. The molecule has 122 valence electrons. The topological polar surface area (TPSA) is 91.6 Å². The highest BCUT2D eigenvalue weighted by molar-refractivity contribution is 5.87.